The van der Waals surface area contributed by atoms with Crippen LogP contribution in [-0.2, 0) is 4.74 Å². The molecule has 1 atom stereocenters. The molecule has 2 fully saturated rings. The fraction of sp³-hybridized carbons (Fsp3) is 0.294. The lowest BCUT2D eigenvalue weighted by molar-refractivity contribution is 0.0858. The molecule has 8 nitrogen and oxygen atoms in total. The van der Waals surface area contributed by atoms with E-state index in [0.717, 1.165) is 73.5 Å². The number of piperazine rings is 1. The van der Waals surface area contributed by atoms with E-state index in [1.165, 1.54) is 0 Å². The van der Waals surface area contributed by atoms with Gasteiger partial charge in [-0.15, -0.1) is 0 Å². The molecule has 2 aliphatic rings. The molecule has 4 aromatic carbocycles. The molecule has 4 aromatic rings. The minimum atomic E-state index is -0.218. The number of nitrogens with one attached hydrogen (secondary N) is 2. The Hall–Kier alpha value is -4.56. The van der Waals surface area contributed by atoms with Crippen molar-refractivity contribution in [1.82, 2.24) is 5.32 Å². The predicted octanol–water partition coefficient (Wildman–Crippen LogP) is 5.34. The van der Waals surface area contributed by atoms with Crippen molar-refractivity contribution in [2.45, 2.75) is 18.9 Å². The van der Waals surface area contributed by atoms with Crippen molar-refractivity contribution in [3.05, 3.63) is 96.1 Å². The molecule has 0 aromatic heterocycles. The summed E-state index contributed by atoms with van der Waals surface area (Å²) in [6.45, 7) is 4.27. The van der Waals surface area contributed by atoms with Crippen LogP contribution in [0.25, 0.3) is 10.8 Å². The topological polar surface area (TPSA) is 83.1 Å². The molecule has 2 saturated heterocycles. The molecule has 0 aliphatic carbocycles. The molecule has 0 bridgehead atoms. The Labute approximate surface area is 246 Å². The van der Waals surface area contributed by atoms with Crippen LogP contribution in [0, 0.1) is 0 Å². The number of nitrogens with zero attached hydrogens (tertiary/aromatic N) is 2. The summed E-state index contributed by atoms with van der Waals surface area (Å²) in [7, 11) is 1.69. The van der Waals surface area contributed by atoms with Gasteiger partial charge in [0, 0.05) is 56.3 Å². The minimum Gasteiger partial charge on any atom is -0.495 e. The summed E-state index contributed by atoms with van der Waals surface area (Å²) in [6.07, 6.45) is 2.00. The maximum Gasteiger partial charge on any atom is 0.255 e. The van der Waals surface area contributed by atoms with Crippen LogP contribution in [0.15, 0.2) is 84.9 Å². The zero-order valence-corrected chi connectivity index (χ0v) is 23.8. The number of amides is 2. The summed E-state index contributed by atoms with van der Waals surface area (Å²) in [5, 5.41) is 8.15. The van der Waals surface area contributed by atoms with Crippen LogP contribution < -0.4 is 25.2 Å². The van der Waals surface area contributed by atoms with Crippen molar-refractivity contribution in [2.24, 2.45) is 0 Å². The van der Waals surface area contributed by atoms with E-state index in [-0.39, 0.29) is 17.9 Å². The Balaban J connectivity index is 1.21. The highest BCUT2D eigenvalue weighted by atomic mass is 16.5. The average molecular weight is 565 g/mol. The standard InChI is InChI=1S/C34H36N4O4/c1-41-32-11-5-4-10-31(32)38-18-16-37(17-19-38)30-15-14-27(22-29(30)34(40)35-23-28-9-6-20-42-28)36-33(39)26-13-12-24-7-2-3-8-25(24)21-26/h2-5,7-8,10-15,21-22,28H,6,9,16-20,23H2,1H3,(H,35,40)(H,36,39). The average Bonchev–Trinajstić information content (AvgIpc) is 3.57. The van der Waals surface area contributed by atoms with E-state index in [1.54, 1.807) is 13.2 Å². The highest BCUT2D eigenvalue weighted by molar-refractivity contribution is 6.08. The second kappa shape index (κ2) is 12.5. The number of carbonyl (C=O) groups excluding carboxylic acids is 2. The van der Waals surface area contributed by atoms with Crippen molar-refractivity contribution >= 4 is 39.6 Å². The maximum absolute atomic E-state index is 13.6. The lowest BCUT2D eigenvalue weighted by Crippen LogP contribution is -2.47. The smallest absolute Gasteiger partial charge is 0.255 e. The zero-order valence-electron chi connectivity index (χ0n) is 23.8. The number of hydrogen-bond acceptors (Lipinski definition) is 6. The van der Waals surface area contributed by atoms with Crippen molar-refractivity contribution in [1.29, 1.82) is 0 Å². The highest BCUT2D eigenvalue weighted by Gasteiger charge is 2.25. The first kappa shape index (κ1) is 27.6. The summed E-state index contributed by atoms with van der Waals surface area (Å²) < 4.78 is 11.3. The summed E-state index contributed by atoms with van der Waals surface area (Å²) in [6, 6.07) is 27.2. The first-order valence-electron chi connectivity index (χ1n) is 14.6. The van der Waals surface area contributed by atoms with E-state index >= 15 is 0 Å². The Kier molecular flexibility index (Phi) is 8.23. The van der Waals surface area contributed by atoms with Gasteiger partial charge in [-0.1, -0.05) is 42.5 Å². The van der Waals surface area contributed by atoms with Crippen LogP contribution in [0.5, 0.6) is 5.75 Å². The van der Waals surface area contributed by atoms with E-state index in [0.29, 0.717) is 23.4 Å². The van der Waals surface area contributed by atoms with Gasteiger partial charge in [0.15, 0.2) is 0 Å². The van der Waals surface area contributed by atoms with Gasteiger partial charge >= 0.3 is 0 Å². The molecule has 216 valence electrons. The third kappa shape index (κ3) is 6.04. The summed E-state index contributed by atoms with van der Waals surface area (Å²) in [5.41, 5.74) is 3.60. The Morgan fingerprint density at radius 2 is 1.57 bits per heavy atom. The van der Waals surface area contributed by atoms with Gasteiger partial charge in [0.05, 0.1) is 24.5 Å². The van der Waals surface area contributed by atoms with Crippen LogP contribution in [0.1, 0.15) is 33.6 Å². The number of carbonyl (C=O) groups is 2. The van der Waals surface area contributed by atoms with Crippen LogP contribution in [-0.4, -0.2) is 64.4 Å². The molecule has 8 heteroatoms. The van der Waals surface area contributed by atoms with Gasteiger partial charge in [-0.25, -0.2) is 0 Å². The van der Waals surface area contributed by atoms with E-state index in [1.807, 2.05) is 72.8 Å². The third-order valence-electron chi connectivity index (χ3n) is 8.07. The number of anilines is 3. The molecule has 0 saturated carbocycles. The number of ether oxygens (including phenoxy) is 2. The van der Waals surface area contributed by atoms with Gasteiger partial charge in [0.2, 0.25) is 0 Å². The second-order valence-corrected chi connectivity index (χ2v) is 10.7. The number of rotatable bonds is 8. The molecular formula is C34H36N4O4. The number of para-hydroxylation sites is 2. The fourth-order valence-electron chi connectivity index (χ4n) is 5.79. The zero-order chi connectivity index (χ0) is 28.9. The van der Waals surface area contributed by atoms with Crippen molar-refractivity contribution in [3.63, 3.8) is 0 Å². The van der Waals surface area contributed by atoms with Gasteiger partial charge in [-0.3, -0.25) is 9.59 Å². The van der Waals surface area contributed by atoms with Gasteiger partial charge < -0.3 is 29.9 Å². The minimum absolute atomic E-state index is 0.0394. The van der Waals surface area contributed by atoms with E-state index in [9.17, 15) is 9.59 Å². The molecule has 2 amide bonds. The molecule has 1 unspecified atom stereocenters. The second-order valence-electron chi connectivity index (χ2n) is 10.7. The fourth-order valence-corrected chi connectivity index (χ4v) is 5.79. The highest BCUT2D eigenvalue weighted by Crippen LogP contribution is 2.31. The molecule has 42 heavy (non-hydrogen) atoms. The van der Waals surface area contributed by atoms with Crippen molar-refractivity contribution in [2.75, 3.05) is 61.6 Å². The third-order valence-corrected chi connectivity index (χ3v) is 8.07. The number of hydrogen-bond donors (Lipinski definition) is 2. The Morgan fingerprint density at radius 3 is 2.33 bits per heavy atom. The number of methoxy groups -OCH3 is 1. The Bertz CT molecular complexity index is 1580. The predicted molar refractivity (Wildman–Crippen MR) is 167 cm³/mol. The van der Waals surface area contributed by atoms with Crippen LogP contribution in [0.4, 0.5) is 17.1 Å². The van der Waals surface area contributed by atoms with E-state index in [2.05, 4.69) is 26.5 Å². The molecule has 2 heterocycles. The Morgan fingerprint density at radius 1 is 0.833 bits per heavy atom. The van der Waals surface area contributed by atoms with Gasteiger partial charge in [-0.05, 0) is 66.1 Å². The van der Waals surface area contributed by atoms with Crippen LogP contribution in [0.2, 0.25) is 0 Å². The summed E-state index contributed by atoms with van der Waals surface area (Å²) in [5.74, 6) is 0.464. The molecule has 0 radical (unpaired) electrons. The largest absolute Gasteiger partial charge is 0.495 e. The van der Waals surface area contributed by atoms with Gasteiger partial charge in [-0.2, -0.15) is 0 Å². The van der Waals surface area contributed by atoms with Crippen molar-refractivity contribution in [3.8, 4) is 5.75 Å². The van der Waals surface area contributed by atoms with E-state index < -0.39 is 0 Å². The van der Waals surface area contributed by atoms with Crippen LogP contribution >= 0.6 is 0 Å². The summed E-state index contributed by atoms with van der Waals surface area (Å²) >= 11 is 0. The van der Waals surface area contributed by atoms with Crippen molar-refractivity contribution < 1.29 is 19.1 Å². The normalized spacial score (nSPS) is 16.8. The maximum atomic E-state index is 13.6. The number of fused-ring (bicyclic) bond motifs is 1. The lowest BCUT2D eigenvalue weighted by atomic mass is 10.1. The first-order valence-corrected chi connectivity index (χ1v) is 14.6. The number of benzene rings is 4. The quantitative estimate of drug-likeness (QED) is 0.301. The van der Waals surface area contributed by atoms with E-state index in [4.69, 9.17) is 9.47 Å². The SMILES string of the molecule is COc1ccccc1N1CCN(c2ccc(NC(=O)c3ccc4ccccc4c3)cc2C(=O)NCC2CCCO2)CC1. The van der Waals surface area contributed by atoms with Gasteiger partial charge in [0.1, 0.15) is 5.75 Å². The molecule has 2 aliphatic heterocycles. The monoisotopic (exact) mass is 564 g/mol. The molecule has 2 N–H and O–H groups in total. The molecule has 0 spiro atoms. The summed E-state index contributed by atoms with van der Waals surface area (Å²) in [4.78, 5) is 31.3. The van der Waals surface area contributed by atoms with Gasteiger partial charge in [0.25, 0.3) is 11.8 Å². The molecular weight excluding hydrogens is 528 g/mol. The van der Waals surface area contributed by atoms with Crippen LogP contribution in [0.3, 0.4) is 0 Å². The lowest BCUT2D eigenvalue weighted by Gasteiger charge is -2.38. The molecule has 6 rings (SSSR count). The first-order chi connectivity index (χ1) is 20.6.